The predicted octanol–water partition coefficient (Wildman–Crippen LogP) is 2.01. The van der Waals surface area contributed by atoms with Crippen LogP contribution in [0.2, 0.25) is 0 Å². The number of nitriles is 1. The van der Waals surface area contributed by atoms with Crippen molar-refractivity contribution in [3.8, 4) is 6.07 Å². The van der Waals surface area contributed by atoms with Crippen molar-refractivity contribution < 1.29 is 18.0 Å². The number of likely N-dealkylation sites (tertiary alicyclic amines) is 1. The summed E-state index contributed by atoms with van der Waals surface area (Å²) in [6.07, 6.45) is -4.39. The fourth-order valence-corrected chi connectivity index (χ4v) is 2.65. The number of carbonyl (C=O) groups is 1. The van der Waals surface area contributed by atoms with Gasteiger partial charge in [0.25, 0.3) is 0 Å². The minimum absolute atomic E-state index is 0.0846. The van der Waals surface area contributed by atoms with Crippen LogP contribution in [0.4, 0.5) is 19.1 Å². The van der Waals surface area contributed by atoms with Crippen LogP contribution in [0.15, 0.2) is 6.07 Å². The van der Waals surface area contributed by atoms with Crippen LogP contribution in [0.25, 0.3) is 0 Å². The summed E-state index contributed by atoms with van der Waals surface area (Å²) in [5.74, 6) is -0.442. The SMILES string of the molecule is CC(=O)N1C[C@@H](Nc2nc(C)cc(C#N)n2)CC[C@H]1C(F)(F)F. The van der Waals surface area contributed by atoms with E-state index in [9.17, 15) is 18.0 Å². The van der Waals surface area contributed by atoms with Crippen molar-refractivity contribution in [1.29, 1.82) is 5.26 Å². The van der Waals surface area contributed by atoms with Crippen LogP contribution < -0.4 is 5.32 Å². The average molecular weight is 327 g/mol. The number of hydrogen-bond donors (Lipinski definition) is 1. The van der Waals surface area contributed by atoms with E-state index in [1.165, 1.54) is 6.07 Å². The molecule has 2 atom stereocenters. The minimum Gasteiger partial charge on any atom is -0.350 e. The molecule has 6 nitrogen and oxygen atoms in total. The summed E-state index contributed by atoms with van der Waals surface area (Å²) >= 11 is 0. The van der Waals surface area contributed by atoms with Crippen molar-refractivity contribution in [1.82, 2.24) is 14.9 Å². The first-order valence-electron chi connectivity index (χ1n) is 7.07. The number of nitrogens with zero attached hydrogens (tertiary/aromatic N) is 4. The van der Waals surface area contributed by atoms with Gasteiger partial charge in [-0.15, -0.1) is 0 Å². The number of alkyl halides is 3. The third-order valence-corrected chi connectivity index (χ3v) is 3.67. The predicted molar refractivity (Wildman–Crippen MR) is 75.4 cm³/mol. The van der Waals surface area contributed by atoms with Crippen LogP contribution in [-0.4, -0.2) is 45.6 Å². The molecule has 2 heterocycles. The second kappa shape index (κ2) is 6.40. The molecule has 1 aliphatic heterocycles. The molecule has 0 spiro atoms. The molecule has 2 rings (SSSR count). The van der Waals surface area contributed by atoms with Gasteiger partial charge in [0.2, 0.25) is 11.9 Å². The molecule has 0 unspecified atom stereocenters. The highest BCUT2D eigenvalue weighted by atomic mass is 19.4. The van der Waals surface area contributed by atoms with Crippen molar-refractivity contribution in [2.75, 3.05) is 11.9 Å². The van der Waals surface area contributed by atoms with E-state index in [1.807, 2.05) is 6.07 Å². The maximum atomic E-state index is 13.0. The average Bonchev–Trinajstić information content (AvgIpc) is 2.45. The Morgan fingerprint density at radius 1 is 1.43 bits per heavy atom. The number of piperidine rings is 1. The number of nitrogens with one attached hydrogen (secondary N) is 1. The topological polar surface area (TPSA) is 81.9 Å². The van der Waals surface area contributed by atoms with Gasteiger partial charge in [0.1, 0.15) is 17.8 Å². The normalized spacial score (nSPS) is 21.7. The molecule has 124 valence electrons. The lowest BCUT2D eigenvalue weighted by Crippen LogP contribution is -2.55. The molecule has 0 radical (unpaired) electrons. The number of hydrogen-bond acceptors (Lipinski definition) is 5. The maximum absolute atomic E-state index is 13.0. The first-order chi connectivity index (χ1) is 10.7. The molecule has 1 aliphatic rings. The molecule has 23 heavy (non-hydrogen) atoms. The molecule has 1 N–H and O–H groups in total. The molecule has 1 fully saturated rings. The van der Waals surface area contributed by atoms with Gasteiger partial charge in [0.05, 0.1) is 0 Å². The molecule has 0 aliphatic carbocycles. The van der Waals surface area contributed by atoms with Gasteiger partial charge in [0.15, 0.2) is 0 Å². The monoisotopic (exact) mass is 327 g/mol. The zero-order valence-electron chi connectivity index (χ0n) is 12.7. The minimum atomic E-state index is -4.44. The fourth-order valence-electron chi connectivity index (χ4n) is 2.65. The maximum Gasteiger partial charge on any atom is 0.408 e. The van der Waals surface area contributed by atoms with Gasteiger partial charge < -0.3 is 10.2 Å². The molecular formula is C14H16F3N5O. The van der Waals surface area contributed by atoms with Crippen LogP contribution in [-0.2, 0) is 4.79 Å². The van der Waals surface area contributed by atoms with E-state index >= 15 is 0 Å². The summed E-state index contributed by atoms with van der Waals surface area (Å²) in [6.45, 7) is 2.73. The number of carbonyl (C=O) groups excluding carboxylic acids is 1. The van der Waals surface area contributed by atoms with Crippen molar-refractivity contribution >= 4 is 11.9 Å². The molecule has 1 aromatic heterocycles. The molecule has 0 bridgehead atoms. The number of halogens is 3. The summed E-state index contributed by atoms with van der Waals surface area (Å²) in [5, 5.41) is 11.8. The quantitative estimate of drug-likeness (QED) is 0.898. The smallest absolute Gasteiger partial charge is 0.350 e. The van der Waals surface area contributed by atoms with Crippen LogP contribution in [0, 0.1) is 18.3 Å². The van der Waals surface area contributed by atoms with E-state index in [0.29, 0.717) is 5.69 Å². The molecule has 1 saturated heterocycles. The summed E-state index contributed by atoms with van der Waals surface area (Å²) in [4.78, 5) is 20.4. The highest BCUT2D eigenvalue weighted by Gasteiger charge is 2.47. The third kappa shape index (κ3) is 4.09. The first-order valence-corrected chi connectivity index (χ1v) is 7.07. The largest absolute Gasteiger partial charge is 0.408 e. The zero-order chi connectivity index (χ0) is 17.2. The van der Waals surface area contributed by atoms with Crippen LogP contribution in [0.5, 0.6) is 0 Å². The highest BCUT2D eigenvalue weighted by molar-refractivity contribution is 5.74. The number of amides is 1. The Morgan fingerprint density at radius 2 is 2.13 bits per heavy atom. The van der Waals surface area contributed by atoms with Crippen LogP contribution >= 0.6 is 0 Å². The number of aromatic nitrogens is 2. The molecule has 0 aromatic carbocycles. The van der Waals surface area contributed by atoms with E-state index in [4.69, 9.17) is 5.26 Å². The van der Waals surface area contributed by atoms with Crippen LogP contribution in [0.3, 0.4) is 0 Å². The van der Waals surface area contributed by atoms with Gasteiger partial charge in [-0.05, 0) is 25.8 Å². The van der Waals surface area contributed by atoms with Crippen LogP contribution in [0.1, 0.15) is 31.2 Å². The van der Waals surface area contributed by atoms with Gasteiger partial charge in [0, 0.05) is 25.2 Å². The lowest BCUT2D eigenvalue weighted by Gasteiger charge is -2.40. The Morgan fingerprint density at radius 3 is 2.70 bits per heavy atom. The Kier molecular flexibility index (Phi) is 4.73. The second-order valence-electron chi connectivity index (χ2n) is 5.48. The molecular weight excluding hydrogens is 311 g/mol. The van der Waals surface area contributed by atoms with Gasteiger partial charge in [-0.2, -0.15) is 18.4 Å². The van der Waals surface area contributed by atoms with Crippen molar-refractivity contribution in [2.45, 2.75) is 44.9 Å². The lowest BCUT2D eigenvalue weighted by molar-refractivity contribution is -0.195. The number of rotatable bonds is 2. The van der Waals surface area contributed by atoms with Crippen molar-refractivity contribution in [2.24, 2.45) is 0 Å². The molecule has 0 saturated carbocycles. The first kappa shape index (κ1) is 17.0. The standard InChI is InChI=1S/C14H16F3N5O/c1-8-5-11(6-18)21-13(19-8)20-10-3-4-12(14(15,16)17)22(7-10)9(2)23/h5,10,12H,3-4,7H2,1-2H3,(H,19,20,21)/t10-,12-/m0/s1. The molecule has 1 amide bonds. The van der Waals surface area contributed by atoms with E-state index in [1.54, 1.807) is 6.92 Å². The zero-order valence-corrected chi connectivity index (χ0v) is 12.7. The molecule has 1 aromatic rings. The van der Waals surface area contributed by atoms with E-state index in [-0.39, 0.29) is 31.0 Å². The fraction of sp³-hybridized carbons (Fsp3) is 0.571. The second-order valence-corrected chi connectivity index (χ2v) is 5.48. The van der Waals surface area contributed by atoms with E-state index < -0.39 is 24.2 Å². The number of anilines is 1. The van der Waals surface area contributed by atoms with Gasteiger partial charge in [-0.25, -0.2) is 9.97 Å². The highest BCUT2D eigenvalue weighted by Crippen LogP contribution is 2.32. The Labute approximate surface area is 131 Å². The number of aryl methyl sites for hydroxylation is 1. The molecule has 9 heteroatoms. The Balaban J connectivity index is 2.13. The van der Waals surface area contributed by atoms with E-state index in [2.05, 4.69) is 15.3 Å². The summed E-state index contributed by atoms with van der Waals surface area (Å²) in [7, 11) is 0. The summed E-state index contributed by atoms with van der Waals surface area (Å²) in [5.41, 5.74) is 0.749. The summed E-state index contributed by atoms with van der Waals surface area (Å²) < 4.78 is 38.9. The van der Waals surface area contributed by atoms with Gasteiger partial charge >= 0.3 is 6.18 Å². The summed E-state index contributed by atoms with van der Waals surface area (Å²) in [6, 6.07) is 1.25. The van der Waals surface area contributed by atoms with E-state index in [0.717, 1.165) is 11.8 Å². The Bertz CT molecular complexity index is 640. The third-order valence-electron chi connectivity index (χ3n) is 3.67. The van der Waals surface area contributed by atoms with Gasteiger partial charge in [-0.1, -0.05) is 0 Å². The van der Waals surface area contributed by atoms with Crippen molar-refractivity contribution in [3.63, 3.8) is 0 Å². The Hall–Kier alpha value is -2.37. The van der Waals surface area contributed by atoms with Gasteiger partial charge in [-0.3, -0.25) is 4.79 Å². The van der Waals surface area contributed by atoms with Crippen molar-refractivity contribution in [3.05, 3.63) is 17.5 Å². The lowest BCUT2D eigenvalue weighted by atomic mass is 9.97.